The van der Waals surface area contributed by atoms with Gasteiger partial charge in [-0.15, -0.1) is 0 Å². The number of nitrogens with one attached hydrogen (secondary N) is 1. The lowest BCUT2D eigenvalue weighted by Crippen LogP contribution is -2.37. The van der Waals surface area contributed by atoms with Crippen LogP contribution in [-0.2, 0) is 11.8 Å². The van der Waals surface area contributed by atoms with Gasteiger partial charge in [-0.1, -0.05) is 18.2 Å². The van der Waals surface area contributed by atoms with E-state index in [9.17, 15) is 9.18 Å². The smallest absolute Gasteiger partial charge is 0.239 e. The van der Waals surface area contributed by atoms with Crippen molar-refractivity contribution in [1.82, 2.24) is 14.7 Å². The third-order valence-corrected chi connectivity index (χ3v) is 4.46. The SMILES string of the molecule is Cc1cc(NC(=O)CN(C2CC2)[C@@H](C)c2ccccc2F)n(C)n1. The summed E-state index contributed by atoms with van der Waals surface area (Å²) in [5, 5.41) is 7.11. The first-order valence-corrected chi connectivity index (χ1v) is 8.26. The van der Waals surface area contributed by atoms with E-state index in [1.165, 1.54) is 6.07 Å². The molecule has 24 heavy (non-hydrogen) atoms. The van der Waals surface area contributed by atoms with Gasteiger partial charge in [-0.05, 0) is 32.8 Å². The van der Waals surface area contributed by atoms with Gasteiger partial charge in [-0.25, -0.2) is 4.39 Å². The molecule has 1 fully saturated rings. The average molecular weight is 330 g/mol. The minimum Gasteiger partial charge on any atom is -0.310 e. The highest BCUT2D eigenvalue weighted by Gasteiger charge is 2.34. The number of aryl methyl sites for hydroxylation is 2. The maximum atomic E-state index is 14.1. The van der Waals surface area contributed by atoms with E-state index < -0.39 is 0 Å². The first kappa shape index (κ1) is 16.6. The predicted molar refractivity (Wildman–Crippen MR) is 91.1 cm³/mol. The van der Waals surface area contributed by atoms with Gasteiger partial charge in [-0.2, -0.15) is 5.10 Å². The topological polar surface area (TPSA) is 50.2 Å². The largest absolute Gasteiger partial charge is 0.310 e. The second kappa shape index (κ2) is 6.73. The van der Waals surface area contributed by atoms with Crippen LogP contribution in [0.15, 0.2) is 30.3 Å². The van der Waals surface area contributed by atoms with Crippen LogP contribution in [0, 0.1) is 12.7 Å². The molecule has 1 aliphatic carbocycles. The molecule has 5 nitrogen and oxygen atoms in total. The Morgan fingerprint density at radius 1 is 1.46 bits per heavy atom. The molecule has 1 heterocycles. The predicted octanol–water partition coefficient (Wildman–Crippen LogP) is 3.03. The molecule has 1 atom stereocenters. The summed E-state index contributed by atoms with van der Waals surface area (Å²) in [6.07, 6.45) is 2.10. The quantitative estimate of drug-likeness (QED) is 0.886. The summed E-state index contributed by atoms with van der Waals surface area (Å²) in [5.41, 5.74) is 1.49. The Balaban J connectivity index is 1.71. The van der Waals surface area contributed by atoms with Crippen molar-refractivity contribution in [1.29, 1.82) is 0 Å². The molecular formula is C18H23FN4O. The third kappa shape index (κ3) is 3.64. The van der Waals surface area contributed by atoms with Gasteiger partial charge in [0.2, 0.25) is 5.91 Å². The Morgan fingerprint density at radius 3 is 2.75 bits per heavy atom. The van der Waals surface area contributed by atoms with Crippen molar-refractivity contribution in [2.24, 2.45) is 7.05 Å². The number of nitrogens with zero attached hydrogens (tertiary/aromatic N) is 3. The number of carbonyl (C=O) groups excluding carboxylic acids is 1. The summed E-state index contributed by atoms with van der Waals surface area (Å²) >= 11 is 0. The van der Waals surface area contributed by atoms with E-state index in [1.54, 1.807) is 23.9 Å². The number of rotatable bonds is 6. The molecule has 0 aliphatic heterocycles. The van der Waals surface area contributed by atoms with Crippen LogP contribution in [-0.4, -0.2) is 33.2 Å². The second-order valence-corrected chi connectivity index (χ2v) is 6.44. The molecule has 2 aromatic rings. The lowest BCUT2D eigenvalue weighted by molar-refractivity contribution is -0.118. The number of hydrogen-bond donors (Lipinski definition) is 1. The summed E-state index contributed by atoms with van der Waals surface area (Å²) in [5.74, 6) is 0.346. The van der Waals surface area contributed by atoms with Gasteiger partial charge in [-0.3, -0.25) is 14.4 Å². The number of benzene rings is 1. The van der Waals surface area contributed by atoms with Crippen molar-refractivity contribution in [2.45, 2.75) is 38.8 Å². The minimum absolute atomic E-state index is 0.104. The molecule has 0 saturated heterocycles. The molecule has 1 N–H and O–H groups in total. The molecule has 1 aromatic carbocycles. The number of amides is 1. The lowest BCUT2D eigenvalue weighted by Gasteiger charge is -2.29. The van der Waals surface area contributed by atoms with E-state index in [0.29, 0.717) is 17.4 Å². The van der Waals surface area contributed by atoms with Crippen molar-refractivity contribution in [3.05, 3.63) is 47.4 Å². The van der Waals surface area contributed by atoms with Crippen LogP contribution in [0.3, 0.4) is 0 Å². The second-order valence-electron chi connectivity index (χ2n) is 6.44. The number of aromatic nitrogens is 2. The summed E-state index contributed by atoms with van der Waals surface area (Å²) < 4.78 is 15.7. The Hall–Kier alpha value is -2.21. The van der Waals surface area contributed by atoms with Crippen LogP contribution in [0.4, 0.5) is 10.2 Å². The Morgan fingerprint density at radius 2 is 2.17 bits per heavy atom. The van der Waals surface area contributed by atoms with E-state index in [1.807, 2.05) is 26.0 Å². The molecule has 0 radical (unpaired) electrons. The Kier molecular flexibility index (Phi) is 4.66. The fourth-order valence-electron chi connectivity index (χ4n) is 3.06. The first-order valence-electron chi connectivity index (χ1n) is 8.26. The molecule has 1 aromatic heterocycles. The zero-order valence-corrected chi connectivity index (χ0v) is 14.3. The van der Waals surface area contributed by atoms with Crippen LogP contribution in [0.5, 0.6) is 0 Å². The van der Waals surface area contributed by atoms with E-state index in [2.05, 4.69) is 15.3 Å². The summed E-state index contributed by atoms with van der Waals surface area (Å²) in [7, 11) is 1.79. The van der Waals surface area contributed by atoms with Gasteiger partial charge in [0.15, 0.2) is 0 Å². The molecule has 1 saturated carbocycles. The molecule has 1 amide bonds. The molecule has 6 heteroatoms. The van der Waals surface area contributed by atoms with Crippen LogP contribution < -0.4 is 5.32 Å². The van der Waals surface area contributed by atoms with Crippen molar-refractivity contribution in [2.75, 3.05) is 11.9 Å². The van der Waals surface area contributed by atoms with Gasteiger partial charge >= 0.3 is 0 Å². The number of carbonyl (C=O) groups is 1. The first-order chi connectivity index (χ1) is 11.5. The maximum absolute atomic E-state index is 14.1. The van der Waals surface area contributed by atoms with Crippen molar-refractivity contribution >= 4 is 11.7 Å². The Bertz CT molecular complexity index is 738. The Labute approximate surface area is 141 Å². The van der Waals surface area contributed by atoms with Crippen LogP contribution in [0.1, 0.15) is 37.1 Å². The van der Waals surface area contributed by atoms with Gasteiger partial charge in [0.1, 0.15) is 11.6 Å². The zero-order chi connectivity index (χ0) is 17.3. The van der Waals surface area contributed by atoms with E-state index >= 15 is 0 Å². The van der Waals surface area contributed by atoms with E-state index in [0.717, 1.165) is 18.5 Å². The highest BCUT2D eigenvalue weighted by atomic mass is 19.1. The minimum atomic E-state index is -0.224. The van der Waals surface area contributed by atoms with Gasteiger partial charge in [0.05, 0.1) is 12.2 Å². The third-order valence-electron chi connectivity index (χ3n) is 4.46. The monoisotopic (exact) mass is 330 g/mol. The molecule has 0 unspecified atom stereocenters. The summed E-state index contributed by atoms with van der Waals surface area (Å²) in [4.78, 5) is 14.5. The van der Waals surface area contributed by atoms with Gasteiger partial charge in [0, 0.05) is 30.8 Å². The molecule has 3 rings (SSSR count). The van der Waals surface area contributed by atoms with Crippen LogP contribution in [0.25, 0.3) is 0 Å². The van der Waals surface area contributed by atoms with Crippen LogP contribution >= 0.6 is 0 Å². The van der Waals surface area contributed by atoms with Crippen molar-refractivity contribution in [3.63, 3.8) is 0 Å². The van der Waals surface area contributed by atoms with Crippen molar-refractivity contribution in [3.8, 4) is 0 Å². The van der Waals surface area contributed by atoms with Gasteiger partial charge < -0.3 is 5.32 Å². The molecular weight excluding hydrogens is 307 g/mol. The highest BCUT2D eigenvalue weighted by Crippen LogP contribution is 2.34. The van der Waals surface area contributed by atoms with E-state index in [-0.39, 0.29) is 24.3 Å². The van der Waals surface area contributed by atoms with Crippen molar-refractivity contribution < 1.29 is 9.18 Å². The maximum Gasteiger partial charge on any atom is 0.239 e. The summed E-state index contributed by atoms with van der Waals surface area (Å²) in [6, 6.07) is 8.81. The number of halogens is 1. The summed E-state index contributed by atoms with van der Waals surface area (Å²) in [6.45, 7) is 4.08. The zero-order valence-electron chi connectivity index (χ0n) is 14.3. The van der Waals surface area contributed by atoms with Gasteiger partial charge in [0.25, 0.3) is 0 Å². The molecule has 1 aliphatic rings. The standard InChI is InChI=1S/C18H23FN4O/c1-12-10-17(22(3)21-12)20-18(24)11-23(14-8-9-14)13(2)15-6-4-5-7-16(15)19/h4-7,10,13-14H,8-9,11H2,1-3H3,(H,20,24)/t13-/m0/s1. The number of anilines is 1. The number of hydrogen-bond acceptors (Lipinski definition) is 3. The highest BCUT2D eigenvalue weighted by molar-refractivity contribution is 5.91. The lowest BCUT2D eigenvalue weighted by atomic mass is 10.1. The normalized spacial score (nSPS) is 15.5. The molecule has 0 spiro atoms. The molecule has 0 bridgehead atoms. The average Bonchev–Trinajstić information content (AvgIpc) is 3.31. The molecule has 128 valence electrons. The fourth-order valence-corrected chi connectivity index (χ4v) is 3.06. The van der Waals surface area contributed by atoms with Crippen LogP contribution in [0.2, 0.25) is 0 Å². The van der Waals surface area contributed by atoms with E-state index in [4.69, 9.17) is 0 Å². The fraction of sp³-hybridized carbons (Fsp3) is 0.444.